The summed E-state index contributed by atoms with van der Waals surface area (Å²) in [5.74, 6) is -0.254. The summed E-state index contributed by atoms with van der Waals surface area (Å²) in [7, 11) is 0. The van der Waals surface area contributed by atoms with Gasteiger partial charge in [-0.25, -0.2) is 0 Å². The third kappa shape index (κ3) is 3.92. The summed E-state index contributed by atoms with van der Waals surface area (Å²) in [5, 5.41) is 2.66. The van der Waals surface area contributed by atoms with Crippen molar-refractivity contribution in [2.45, 2.75) is 6.92 Å². The fourth-order valence-electron chi connectivity index (χ4n) is 1.79. The molecule has 2 aromatic rings. The van der Waals surface area contributed by atoms with Crippen LogP contribution in [-0.4, -0.2) is 11.7 Å². The molecule has 0 saturated heterocycles. The van der Waals surface area contributed by atoms with E-state index in [9.17, 15) is 9.59 Å². The standard InChI is InChI=1S/C17H15NO2/c1-13(19)18-16-9-5-8-15(12-16)17(20)11-10-14-6-3-2-4-7-14/h2-12H,1H3,(H,18,19). The van der Waals surface area contributed by atoms with E-state index in [4.69, 9.17) is 0 Å². The highest BCUT2D eigenvalue weighted by Gasteiger charge is 2.03. The van der Waals surface area contributed by atoms with Gasteiger partial charge in [0.15, 0.2) is 5.78 Å². The van der Waals surface area contributed by atoms with Crippen molar-refractivity contribution >= 4 is 23.5 Å². The van der Waals surface area contributed by atoms with Crippen molar-refractivity contribution < 1.29 is 9.59 Å². The van der Waals surface area contributed by atoms with Crippen LogP contribution in [0.1, 0.15) is 22.8 Å². The molecule has 2 rings (SSSR count). The van der Waals surface area contributed by atoms with Crippen molar-refractivity contribution in [1.82, 2.24) is 0 Å². The Morgan fingerprint density at radius 1 is 1.00 bits per heavy atom. The van der Waals surface area contributed by atoms with E-state index in [1.807, 2.05) is 30.3 Å². The molecule has 0 atom stereocenters. The van der Waals surface area contributed by atoms with Gasteiger partial charge in [0.1, 0.15) is 0 Å². The molecular weight excluding hydrogens is 250 g/mol. The van der Waals surface area contributed by atoms with Gasteiger partial charge in [-0.2, -0.15) is 0 Å². The molecule has 2 aromatic carbocycles. The van der Waals surface area contributed by atoms with Crippen LogP contribution in [0.4, 0.5) is 5.69 Å². The molecule has 0 aromatic heterocycles. The molecule has 1 amide bonds. The highest BCUT2D eigenvalue weighted by Crippen LogP contribution is 2.12. The number of anilines is 1. The van der Waals surface area contributed by atoms with Crippen molar-refractivity contribution in [3.05, 3.63) is 71.8 Å². The lowest BCUT2D eigenvalue weighted by atomic mass is 10.1. The van der Waals surface area contributed by atoms with Crippen LogP contribution in [-0.2, 0) is 4.79 Å². The van der Waals surface area contributed by atoms with E-state index in [0.717, 1.165) is 5.56 Å². The third-order valence-corrected chi connectivity index (χ3v) is 2.69. The Morgan fingerprint density at radius 3 is 2.45 bits per heavy atom. The number of rotatable bonds is 4. The van der Waals surface area contributed by atoms with Gasteiger partial charge in [0.2, 0.25) is 5.91 Å². The first-order chi connectivity index (χ1) is 9.65. The van der Waals surface area contributed by atoms with E-state index in [0.29, 0.717) is 11.3 Å². The maximum Gasteiger partial charge on any atom is 0.221 e. The molecule has 3 nitrogen and oxygen atoms in total. The van der Waals surface area contributed by atoms with Crippen LogP contribution in [0.5, 0.6) is 0 Å². The van der Waals surface area contributed by atoms with E-state index in [-0.39, 0.29) is 11.7 Å². The van der Waals surface area contributed by atoms with Gasteiger partial charge >= 0.3 is 0 Å². The first-order valence-corrected chi connectivity index (χ1v) is 6.30. The lowest BCUT2D eigenvalue weighted by Gasteiger charge is -2.03. The predicted molar refractivity (Wildman–Crippen MR) is 80.6 cm³/mol. The molecule has 20 heavy (non-hydrogen) atoms. The van der Waals surface area contributed by atoms with E-state index in [1.165, 1.54) is 13.0 Å². The molecule has 0 aliphatic heterocycles. The lowest BCUT2D eigenvalue weighted by Crippen LogP contribution is -2.06. The average molecular weight is 265 g/mol. The number of benzene rings is 2. The molecule has 3 heteroatoms. The van der Waals surface area contributed by atoms with Crippen molar-refractivity contribution in [1.29, 1.82) is 0 Å². The largest absolute Gasteiger partial charge is 0.326 e. The van der Waals surface area contributed by atoms with Crippen molar-refractivity contribution in [2.24, 2.45) is 0 Å². The molecule has 0 radical (unpaired) electrons. The minimum absolute atomic E-state index is 0.0962. The average Bonchev–Trinajstić information content (AvgIpc) is 2.45. The summed E-state index contributed by atoms with van der Waals surface area (Å²) in [4.78, 5) is 23.1. The first-order valence-electron chi connectivity index (χ1n) is 6.30. The van der Waals surface area contributed by atoms with Gasteiger partial charge < -0.3 is 5.32 Å². The Labute approximate surface area is 117 Å². The van der Waals surface area contributed by atoms with Crippen molar-refractivity contribution in [3.63, 3.8) is 0 Å². The molecule has 0 bridgehead atoms. The number of hydrogen-bond donors (Lipinski definition) is 1. The summed E-state index contributed by atoms with van der Waals surface area (Å²) < 4.78 is 0. The van der Waals surface area contributed by atoms with Gasteiger partial charge in [0.05, 0.1) is 0 Å². The second-order valence-corrected chi connectivity index (χ2v) is 4.37. The molecule has 0 aliphatic rings. The van der Waals surface area contributed by atoms with E-state index < -0.39 is 0 Å². The van der Waals surface area contributed by atoms with E-state index in [2.05, 4.69) is 5.32 Å². The van der Waals surface area contributed by atoms with Gasteiger partial charge in [0, 0.05) is 18.2 Å². The lowest BCUT2D eigenvalue weighted by molar-refractivity contribution is -0.114. The second-order valence-electron chi connectivity index (χ2n) is 4.37. The monoisotopic (exact) mass is 265 g/mol. The summed E-state index contributed by atoms with van der Waals surface area (Å²) in [6, 6.07) is 16.5. The topological polar surface area (TPSA) is 46.2 Å². The minimum atomic E-state index is -0.158. The molecule has 0 heterocycles. The predicted octanol–water partition coefficient (Wildman–Crippen LogP) is 3.54. The minimum Gasteiger partial charge on any atom is -0.326 e. The SMILES string of the molecule is CC(=O)Nc1cccc(C(=O)C=Cc2ccccc2)c1. The molecule has 0 fully saturated rings. The summed E-state index contributed by atoms with van der Waals surface area (Å²) in [5.41, 5.74) is 2.14. The number of allylic oxidation sites excluding steroid dienone is 1. The van der Waals surface area contributed by atoms with Crippen LogP contribution < -0.4 is 5.32 Å². The first kappa shape index (κ1) is 13.7. The maximum atomic E-state index is 12.1. The number of carbonyl (C=O) groups is 2. The molecule has 1 N–H and O–H groups in total. The van der Waals surface area contributed by atoms with Gasteiger partial charge in [-0.15, -0.1) is 0 Å². The number of nitrogens with one attached hydrogen (secondary N) is 1. The van der Waals surface area contributed by atoms with Gasteiger partial charge in [-0.05, 0) is 23.8 Å². The third-order valence-electron chi connectivity index (χ3n) is 2.69. The van der Waals surface area contributed by atoms with Gasteiger partial charge in [-0.1, -0.05) is 48.5 Å². The zero-order valence-electron chi connectivity index (χ0n) is 11.2. The van der Waals surface area contributed by atoms with Crippen LogP contribution in [0, 0.1) is 0 Å². The molecular formula is C17H15NO2. The van der Waals surface area contributed by atoms with Crippen LogP contribution in [0.15, 0.2) is 60.7 Å². The highest BCUT2D eigenvalue weighted by molar-refractivity contribution is 6.07. The van der Waals surface area contributed by atoms with Crippen LogP contribution in [0.3, 0.4) is 0 Å². The highest BCUT2D eigenvalue weighted by atomic mass is 16.1. The number of carbonyl (C=O) groups excluding carboxylic acids is 2. The van der Waals surface area contributed by atoms with Crippen molar-refractivity contribution in [2.75, 3.05) is 5.32 Å². The summed E-state index contributed by atoms with van der Waals surface area (Å²) >= 11 is 0. The summed E-state index contributed by atoms with van der Waals surface area (Å²) in [6.07, 6.45) is 3.30. The van der Waals surface area contributed by atoms with Gasteiger partial charge in [0.25, 0.3) is 0 Å². The summed E-state index contributed by atoms with van der Waals surface area (Å²) in [6.45, 7) is 1.43. The fraction of sp³-hybridized carbons (Fsp3) is 0.0588. The van der Waals surface area contributed by atoms with E-state index >= 15 is 0 Å². The molecule has 0 spiro atoms. The second kappa shape index (κ2) is 6.48. The smallest absolute Gasteiger partial charge is 0.221 e. The molecule has 0 unspecified atom stereocenters. The number of amides is 1. The number of hydrogen-bond acceptors (Lipinski definition) is 2. The molecule has 0 saturated carbocycles. The Balaban J connectivity index is 2.13. The zero-order chi connectivity index (χ0) is 14.4. The quantitative estimate of drug-likeness (QED) is 0.679. The van der Waals surface area contributed by atoms with Crippen molar-refractivity contribution in [3.8, 4) is 0 Å². The maximum absolute atomic E-state index is 12.1. The molecule has 100 valence electrons. The van der Waals surface area contributed by atoms with Gasteiger partial charge in [-0.3, -0.25) is 9.59 Å². The van der Waals surface area contributed by atoms with Crippen LogP contribution >= 0.6 is 0 Å². The van der Waals surface area contributed by atoms with Crippen LogP contribution in [0.25, 0.3) is 6.08 Å². The Morgan fingerprint density at radius 2 is 1.75 bits per heavy atom. The zero-order valence-corrected chi connectivity index (χ0v) is 11.2. The fourth-order valence-corrected chi connectivity index (χ4v) is 1.79. The number of ketones is 1. The normalized spacial score (nSPS) is 10.4. The van der Waals surface area contributed by atoms with Crippen LogP contribution in [0.2, 0.25) is 0 Å². The van der Waals surface area contributed by atoms with E-state index in [1.54, 1.807) is 30.3 Å². The molecule has 0 aliphatic carbocycles. The Kier molecular flexibility index (Phi) is 4.45. The Bertz CT molecular complexity index is 645. The Hall–Kier alpha value is -2.68.